The summed E-state index contributed by atoms with van der Waals surface area (Å²) in [4.78, 5) is 0.187. The van der Waals surface area contributed by atoms with Crippen molar-refractivity contribution in [2.24, 2.45) is 5.41 Å². The molecule has 6 nitrogen and oxygen atoms in total. The summed E-state index contributed by atoms with van der Waals surface area (Å²) >= 11 is 0. The second kappa shape index (κ2) is 4.99. The van der Waals surface area contributed by atoms with Gasteiger partial charge in [0.2, 0.25) is 10.0 Å². The third-order valence-electron chi connectivity index (χ3n) is 3.82. The molecular formula is C11H19N3O3S. The third kappa shape index (κ3) is 2.30. The van der Waals surface area contributed by atoms with Crippen LogP contribution in [0.4, 0.5) is 0 Å². The molecule has 1 aromatic rings. The highest BCUT2D eigenvalue weighted by atomic mass is 32.2. The van der Waals surface area contributed by atoms with E-state index in [4.69, 9.17) is 0 Å². The van der Waals surface area contributed by atoms with Crippen molar-refractivity contribution < 1.29 is 13.5 Å². The van der Waals surface area contributed by atoms with E-state index in [1.54, 1.807) is 0 Å². The van der Waals surface area contributed by atoms with Gasteiger partial charge in [-0.1, -0.05) is 6.92 Å². The van der Waals surface area contributed by atoms with Crippen LogP contribution < -0.4 is 0 Å². The molecule has 2 heterocycles. The van der Waals surface area contributed by atoms with E-state index >= 15 is 0 Å². The number of aromatic amines is 1. The Morgan fingerprint density at radius 2 is 2.39 bits per heavy atom. The molecule has 0 saturated carbocycles. The zero-order chi connectivity index (χ0) is 13.2. The van der Waals surface area contributed by atoms with Crippen molar-refractivity contribution in [3.8, 4) is 0 Å². The predicted octanol–water partition coefficient (Wildman–Crippen LogP) is 0.583. The van der Waals surface area contributed by atoms with Gasteiger partial charge in [-0.05, 0) is 19.3 Å². The van der Waals surface area contributed by atoms with Crippen molar-refractivity contribution in [1.82, 2.24) is 14.5 Å². The molecule has 0 unspecified atom stereocenters. The van der Waals surface area contributed by atoms with Crippen LogP contribution in [0.2, 0.25) is 0 Å². The first-order valence-electron chi connectivity index (χ1n) is 6.14. The van der Waals surface area contributed by atoms with Crippen molar-refractivity contribution in [3.05, 3.63) is 12.4 Å². The lowest BCUT2D eigenvalue weighted by Gasteiger charge is -2.40. The van der Waals surface area contributed by atoms with E-state index in [0.717, 1.165) is 19.3 Å². The molecule has 0 aromatic carbocycles. The van der Waals surface area contributed by atoms with Gasteiger partial charge in [-0.2, -0.15) is 9.40 Å². The Hall–Kier alpha value is -0.920. The topological polar surface area (TPSA) is 86.3 Å². The lowest BCUT2D eigenvalue weighted by molar-refractivity contribution is 0.0609. The van der Waals surface area contributed by atoms with Crippen molar-refractivity contribution in [1.29, 1.82) is 0 Å². The maximum absolute atomic E-state index is 12.4. The van der Waals surface area contributed by atoms with Crippen LogP contribution in [0.25, 0.3) is 0 Å². The molecule has 0 spiro atoms. The molecule has 1 saturated heterocycles. The van der Waals surface area contributed by atoms with Crippen molar-refractivity contribution in [3.63, 3.8) is 0 Å². The van der Waals surface area contributed by atoms with Crippen molar-refractivity contribution in [2.75, 3.05) is 19.7 Å². The molecule has 0 aliphatic carbocycles. The number of hydrogen-bond acceptors (Lipinski definition) is 4. The summed E-state index contributed by atoms with van der Waals surface area (Å²) in [7, 11) is -3.48. The van der Waals surface area contributed by atoms with E-state index in [1.807, 2.05) is 6.92 Å². The van der Waals surface area contributed by atoms with E-state index in [2.05, 4.69) is 10.2 Å². The second-order valence-electron chi connectivity index (χ2n) is 4.89. The van der Waals surface area contributed by atoms with Crippen molar-refractivity contribution >= 4 is 10.0 Å². The van der Waals surface area contributed by atoms with Gasteiger partial charge in [0.15, 0.2) is 0 Å². The third-order valence-corrected chi connectivity index (χ3v) is 5.63. The van der Waals surface area contributed by atoms with Crippen molar-refractivity contribution in [2.45, 2.75) is 31.1 Å². The van der Waals surface area contributed by atoms with E-state index in [9.17, 15) is 13.5 Å². The summed E-state index contributed by atoms with van der Waals surface area (Å²) in [5, 5.41) is 15.7. The molecule has 18 heavy (non-hydrogen) atoms. The molecule has 1 aromatic heterocycles. The first-order valence-corrected chi connectivity index (χ1v) is 7.58. The number of hydrogen-bond donors (Lipinski definition) is 2. The zero-order valence-corrected chi connectivity index (χ0v) is 11.3. The van der Waals surface area contributed by atoms with Gasteiger partial charge in [-0.25, -0.2) is 8.42 Å². The molecular weight excluding hydrogens is 254 g/mol. The molecule has 0 radical (unpaired) electrons. The maximum atomic E-state index is 12.4. The van der Waals surface area contributed by atoms with Crippen LogP contribution in [-0.2, 0) is 10.0 Å². The fourth-order valence-corrected chi connectivity index (χ4v) is 3.93. The Balaban J connectivity index is 2.24. The number of rotatable bonds is 4. The standard InChI is InChI=1S/C11H19N3O3S/c1-2-11(9-15)4-3-5-14(8-11)18(16,17)10-6-12-13-7-10/h6-7,15H,2-5,8-9H2,1H3,(H,12,13)/t11-/m1/s1. The Kier molecular flexibility index (Phi) is 3.74. The van der Waals surface area contributed by atoms with Gasteiger partial charge in [0.25, 0.3) is 0 Å². The Morgan fingerprint density at radius 1 is 1.61 bits per heavy atom. The number of nitrogens with zero attached hydrogens (tertiary/aromatic N) is 2. The summed E-state index contributed by atoms with van der Waals surface area (Å²) in [5.41, 5.74) is -0.297. The minimum atomic E-state index is -3.48. The molecule has 1 aliphatic heterocycles. The van der Waals surface area contributed by atoms with Crippen LogP contribution in [0.3, 0.4) is 0 Å². The fourth-order valence-electron chi connectivity index (χ4n) is 2.43. The highest BCUT2D eigenvalue weighted by Crippen LogP contribution is 2.34. The highest BCUT2D eigenvalue weighted by molar-refractivity contribution is 7.89. The molecule has 2 rings (SSSR count). The van der Waals surface area contributed by atoms with Gasteiger partial charge in [0.1, 0.15) is 4.90 Å². The van der Waals surface area contributed by atoms with E-state index in [0.29, 0.717) is 13.1 Å². The smallest absolute Gasteiger partial charge is 0.246 e. The average Bonchev–Trinajstić information content (AvgIpc) is 2.93. The summed E-state index contributed by atoms with van der Waals surface area (Å²) < 4.78 is 26.2. The molecule has 0 bridgehead atoms. The highest BCUT2D eigenvalue weighted by Gasteiger charge is 2.38. The van der Waals surface area contributed by atoms with E-state index in [1.165, 1.54) is 16.7 Å². The van der Waals surface area contributed by atoms with Crippen LogP contribution in [0.5, 0.6) is 0 Å². The Morgan fingerprint density at radius 3 is 2.94 bits per heavy atom. The van der Waals surface area contributed by atoms with Gasteiger partial charge in [0, 0.05) is 31.3 Å². The van der Waals surface area contributed by atoms with Crippen LogP contribution in [-0.4, -0.2) is 47.7 Å². The molecule has 102 valence electrons. The summed E-state index contributed by atoms with van der Waals surface area (Å²) in [6, 6.07) is 0. The summed E-state index contributed by atoms with van der Waals surface area (Å²) in [6.07, 6.45) is 5.14. The number of aromatic nitrogens is 2. The number of nitrogens with one attached hydrogen (secondary N) is 1. The number of aliphatic hydroxyl groups is 1. The van der Waals surface area contributed by atoms with E-state index < -0.39 is 10.0 Å². The molecule has 1 aliphatic rings. The van der Waals surface area contributed by atoms with Gasteiger partial charge in [0.05, 0.1) is 6.20 Å². The number of aliphatic hydroxyl groups excluding tert-OH is 1. The quantitative estimate of drug-likeness (QED) is 0.840. The number of piperidine rings is 1. The Labute approximate surface area is 107 Å². The first kappa shape index (κ1) is 13.5. The molecule has 7 heteroatoms. The summed E-state index contributed by atoms with van der Waals surface area (Å²) in [6.45, 7) is 2.91. The normalized spacial score (nSPS) is 26.3. The van der Waals surface area contributed by atoms with Gasteiger partial charge in [-0.3, -0.25) is 5.10 Å². The average molecular weight is 273 g/mol. The lowest BCUT2D eigenvalue weighted by atomic mass is 9.79. The monoisotopic (exact) mass is 273 g/mol. The first-order chi connectivity index (χ1) is 8.54. The maximum Gasteiger partial charge on any atom is 0.246 e. The molecule has 1 atom stereocenters. The summed E-state index contributed by atoms with van der Waals surface area (Å²) in [5.74, 6) is 0. The van der Waals surface area contributed by atoms with E-state index in [-0.39, 0.29) is 16.9 Å². The minimum absolute atomic E-state index is 0.0287. The number of H-pyrrole nitrogens is 1. The van der Waals surface area contributed by atoms with Gasteiger partial charge in [-0.15, -0.1) is 0 Å². The largest absolute Gasteiger partial charge is 0.396 e. The number of sulfonamides is 1. The van der Waals surface area contributed by atoms with Crippen LogP contribution in [0.15, 0.2) is 17.3 Å². The molecule has 1 fully saturated rings. The van der Waals surface area contributed by atoms with Gasteiger partial charge >= 0.3 is 0 Å². The van der Waals surface area contributed by atoms with Crippen LogP contribution >= 0.6 is 0 Å². The predicted molar refractivity (Wildman–Crippen MR) is 66.4 cm³/mol. The molecule has 2 N–H and O–H groups in total. The van der Waals surface area contributed by atoms with Gasteiger partial charge < -0.3 is 5.11 Å². The second-order valence-corrected chi connectivity index (χ2v) is 6.83. The van der Waals surface area contributed by atoms with Crippen LogP contribution in [0, 0.1) is 5.41 Å². The Bertz CT molecular complexity index is 480. The SMILES string of the molecule is CC[C@@]1(CO)CCCN(S(=O)(=O)c2cn[nH]c2)C1. The lowest BCUT2D eigenvalue weighted by Crippen LogP contribution is -2.47. The molecule has 0 amide bonds. The zero-order valence-electron chi connectivity index (χ0n) is 10.5. The van der Waals surface area contributed by atoms with Crippen LogP contribution in [0.1, 0.15) is 26.2 Å². The minimum Gasteiger partial charge on any atom is -0.396 e. The fraction of sp³-hybridized carbons (Fsp3) is 0.727.